The number of carbonyl (C=O) groups is 4. The second kappa shape index (κ2) is 13.2. The summed E-state index contributed by atoms with van der Waals surface area (Å²) in [5, 5.41) is 18.6. The van der Waals surface area contributed by atoms with Gasteiger partial charge in [-0.1, -0.05) is 40.9 Å². The van der Waals surface area contributed by atoms with Crippen LogP contribution in [0.5, 0.6) is 17.2 Å². The lowest BCUT2D eigenvalue weighted by atomic mass is 9.51. The molecule has 9 rings (SSSR count). The summed E-state index contributed by atoms with van der Waals surface area (Å²) >= 11 is 14.3. The first kappa shape index (κ1) is 37.4. The number of allylic oxidation sites excluding steroid dienone is 2. The van der Waals surface area contributed by atoms with Crippen LogP contribution in [0.4, 0.5) is 11.5 Å². The number of phenolic OH excluding ortho intramolecular Hbond substituents is 1. The third-order valence-electron chi connectivity index (χ3n) is 12.7. The second-order valence-electron chi connectivity index (χ2n) is 15.6. The van der Waals surface area contributed by atoms with E-state index in [0.29, 0.717) is 44.1 Å². The van der Waals surface area contributed by atoms with E-state index in [0.717, 1.165) is 26.1 Å². The van der Waals surface area contributed by atoms with Gasteiger partial charge >= 0.3 is 0 Å². The number of anilines is 2. The number of aromatic nitrogens is 2. The lowest BCUT2D eigenvalue weighted by molar-refractivity contribution is -0.131. The Labute approximate surface area is 342 Å². The molecule has 6 atom stereocenters. The number of thiophene rings is 1. The van der Waals surface area contributed by atoms with Crippen molar-refractivity contribution in [2.45, 2.75) is 39.5 Å². The molecular weight excluding hydrogens is 787 g/mol. The summed E-state index contributed by atoms with van der Waals surface area (Å²) < 4.78 is 13.9. The molecule has 2 aliphatic heterocycles. The van der Waals surface area contributed by atoms with Gasteiger partial charge in [0, 0.05) is 51.5 Å². The molecule has 0 bridgehead atoms. The predicted octanol–water partition coefficient (Wildman–Crippen LogP) is 8.38. The molecule has 2 aromatic heterocycles. The van der Waals surface area contributed by atoms with Crippen LogP contribution in [0.2, 0.25) is 10.0 Å². The summed E-state index contributed by atoms with van der Waals surface area (Å²) in [6.45, 7) is 5.59. The number of ether oxygens (including phenoxy) is 2. The number of benzene rings is 3. The Balaban J connectivity index is 1.18. The number of aromatic hydroxyl groups is 1. The number of methoxy groups -OCH3 is 2. The maximum absolute atomic E-state index is 15.3. The molecule has 3 fully saturated rings. The summed E-state index contributed by atoms with van der Waals surface area (Å²) in [6.07, 6.45) is 2.28. The van der Waals surface area contributed by atoms with Crippen LogP contribution >= 0.6 is 34.5 Å². The predicted molar refractivity (Wildman–Crippen MR) is 218 cm³/mol. The van der Waals surface area contributed by atoms with Gasteiger partial charge in [-0.2, -0.15) is 5.10 Å². The van der Waals surface area contributed by atoms with Gasteiger partial charge in [0.05, 0.1) is 48.0 Å². The largest absolute Gasteiger partial charge is 0.507 e. The first-order valence-corrected chi connectivity index (χ1v) is 20.2. The molecule has 4 aliphatic rings. The highest BCUT2D eigenvalue weighted by molar-refractivity contribution is 7.22. The van der Waals surface area contributed by atoms with Crippen molar-refractivity contribution in [1.82, 2.24) is 9.78 Å². The Morgan fingerprint density at radius 3 is 2.40 bits per heavy atom. The fraction of sp³-hybridized carbons (Fsp3) is 0.326. The molecule has 5 aromatic rings. The lowest BCUT2D eigenvalue weighted by Crippen LogP contribution is -2.49. The van der Waals surface area contributed by atoms with E-state index in [2.05, 4.69) is 0 Å². The number of rotatable bonds is 6. The van der Waals surface area contributed by atoms with Gasteiger partial charge in [0.15, 0.2) is 0 Å². The fourth-order valence-electron chi connectivity index (χ4n) is 9.90. The van der Waals surface area contributed by atoms with Gasteiger partial charge < -0.3 is 14.6 Å². The number of hydrogen-bond acceptors (Lipinski definition) is 9. The Bertz CT molecular complexity index is 2650. The lowest BCUT2D eigenvalue weighted by Gasteiger charge is -2.49. The molecule has 0 spiro atoms. The molecule has 292 valence electrons. The van der Waals surface area contributed by atoms with Crippen molar-refractivity contribution < 1.29 is 33.8 Å². The molecule has 1 saturated carbocycles. The van der Waals surface area contributed by atoms with Crippen molar-refractivity contribution in [1.29, 1.82) is 0 Å². The Morgan fingerprint density at radius 2 is 1.68 bits per heavy atom. The zero-order valence-corrected chi connectivity index (χ0v) is 34.3. The minimum atomic E-state index is -1.45. The molecule has 0 radical (unpaired) electrons. The first-order chi connectivity index (χ1) is 27.2. The summed E-state index contributed by atoms with van der Waals surface area (Å²) in [5.41, 5.74) is 2.31. The molecule has 14 heteroatoms. The first-order valence-electron chi connectivity index (χ1n) is 18.6. The summed E-state index contributed by atoms with van der Waals surface area (Å²) in [5.74, 6) is -4.95. The van der Waals surface area contributed by atoms with Gasteiger partial charge in [-0.25, -0.2) is 9.80 Å². The molecule has 2 saturated heterocycles. The van der Waals surface area contributed by atoms with Crippen LogP contribution in [0.3, 0.4) is 0 Å². The molecule has 57 heavy (non-hydrogen) atoms. The minimum absolute atomic E-state index is 0.128. The molecule has 2 aliphatic carbocycles. The van der Waals surface area contributed by atoms with E-state index in [1.807, 2.05) is 38.1 Å². The number of phenols is 1. The molecule has 6 unspecified atom stereocenters. The maximum atomic E-state index is 15.3. The second-order valence-corrected chi connectivity index (χ2v) is 17.5. The van der Waals surface area contributed by atoms with Gasteiger partial charge in [-0.15, -0.1) is 11.3 Å². The standard InChI is InChI=1S/C43H38Cl2N4O7S/c1-19-7-9-22(14-29(19)45)48-39(51)25-11-10-24-27(35(25)41(48)53)17-28-40(52)49(42(54)43(28,3)37(24)36-31(50)15-23(55-5)16-32(36)56-6)34-18-30(46-47(34)4)38-20(2)26-13-21(44)8-12-33(26)57-38/h7-10,12-16,18,25,27-28,35,37,50H,11,17H2,1-6H3. The van der Waals surface area contributed by atoms with Crippen LogP contribution in [0.25, 0.3) is 20.7 Å². The van der Waals surface area contributed by atoms with E-state index < -0.39 is 52.7 Å². The highest BCUT2D eigenvalue weighted by atomic mass is 35.5. The molecular formula is C43H38Cl2N4O7S. The highest BCUT2D eigenvalue weighted by Gasteiger charge is 2.68. The van der Waals surface area contributed by atoms with E-state index in [9.17, 15) is 14.7 Å². The van der Waals surface area contributed by atoms with Crippen LogP contribution in [0, 0.1) is 42.9 Å². The van der Waals surface area contributed by atoms with Crippen molar-refractivity contribution in [3.05, 3.63) is 93.0 Å². The van der Waals surface area contributed by atoms with Crippen molar-refractivity contribution >= 4 is 79.8 Å². The number of imide groups is 2. The summed E-state index contributed by atoms with van der Waals surface area (Å²) in [7, 11) is 4.62. The fourth-order valence-corrected chi connectivity index (χ4v) is 11.4. The number of nitrogens with zero attached hydrogens (tertiary/aromatic N) is 4. The number of fused-ring (bicyclic) bond motifs is 5. The van der Waals surface area contributed by atoms with Crippen LogP contribution in [0.15, 0.2) is 66.2 Å². The average molecular weight is 826 g/mol. The van der Waals surface area contributed by atoms with Crippen molar-refractivity contribution in [3.63, 3.8) is 0 Å². The zero-order chi connectivity index (χ0) is 40.4. The van der Waals surface area contributed by atoms with Gasteiger partial charge in [-0.3, -0.25) is 23.9 Å². The monoisotopic (exact) mass is 824 g/mol. The molecule has 4 heterocycles. The smallest absolute Gasteiger partial charge is 0.242 e. The van der Waals surface area contributed by atoms with Gasteiger partial charge in [0.2, 0.25) is 23.6 Å². The SMILES string of the molecule is COc1cc(O)c(C2C3=CCC4C(=O)N(c5ccc(C)c(Cl)c5)C(=O)C4C3CC3C(=O)N(c4cc(-c5sc6ccc(Cl)cc6c5C)nn4C)C(=O)C32C)c(OC)c1. The normalized spacial score (nSPS) is 25.5. The molecule has 4 amide bonds. The Hall–Kier alpha value is -5.17. The van der Waals surface area contributed by atoms with Crippen LogP contribution in [0.1, 0.15) is 42.4 Å². The Morgan fingerprint density at radius 1 is 0.912 bits per heavy atom. The topological polar surface area (TPSA) is 131 Å². The van der Waals surface area contributed by atoms with Gasteiger partial charge in [0.1, 0.15) is 28.8 Å². The van der Waals surface area contributed by atoms with Crippen LogP contribution in [-0.2, 0) is 26.2 Å². The highest BCUT2D eigenvalue weighted by Crippen LogP contribution is 2.66. The summed E-state index contributed by atoms with van der Waals surface area (Å²) in [4.78, 5) is 62.3. The van der Waals surface area contributed by atoms with E-state index in [4.69, 9.17) is 37.8 Å². The minimum Gasteiger partial charge on any atom is -0.507 e. The van der Waals surface area contributed by atoms with Gasteiger partial charge in [-0.05, 0) is 86.4 Å². The van der Waals surface area contributed by atoms with Crippen LogP contribution in [-0.4, -0.2) is 52.7 Å². The number of carbonyl (C=O) groups excluding carboxylic acids is 4. The van der Waals surface area contributed by atoms with Crippen molar-refractivity contribution in [2.75, 3.05) is 24.0 Å². The summed E-state index contributed by atoms with van der Waals surface area (Å²) in [6, 6.07) is 15.6. The number of hydrogen-bond donors (Lipinski definition) is 1. The third kappa shape index (κ3) is 5.26. The zero-order valence-electron chi connectivity index (χ0n) is 31.9. The molecule has 11 nitrogen and oxygen atoms in total. The molecule has 3 aromatic carbocycles. The quantitative estimate of drug-likeness (QED) is 0.134. The number of amides is 4. The van der Waals surface area contributed by atoms with Gasteiger partial charge in [0.25, 0.3) is 0 Å². The van der Waals surface area contributed by atoms with E-state index in [-0.39, 0.29) is 30.2 Å². The number of halogens is 2. The third-order valence-corrected chi connectivity index (χ3v) is 14.7. The van der Waals surface area contributed by atoms with Crippen molar-refractivity contribution in [2.24, 2.45) is 36.1 Å². The number of aryl methyl sites for hydroxylation is 3. The van der Waals surface area contributed by atoms with Crippen molar-refractivity contribution in [3.8, 4) is 27.8 Å². The average Bonchev–Trinajstić information content (AvgIpc) is 3.86. The van der Waals surface area contributed by atoms with E-state index in [1.165, 1.54) is 34.8 Å². The Kier molecular flexibility index (Phi) is 8.65. The molecule has 1 N–H and O–H groups in total. The van der Waals surface area contributed by atoms with Crippen LogP contribution < -0.4 is 19.3 Å². The maximum Gasteiger partial charge on any atom is 0.242 e. The van der Waals surface area contributed by atoms with E-state index in [1.54, 1.807) is 55.6 Å². The van der Waals surface area contributed by atoms with E-state index >= 15 is 9.59 Å².